The Bertz CT molecular complexity index is 498. The largest absolute Gasteiger partial charge is 0.218 e. The van der Waals surface area contributed by atoms with E-state index in [0.29, 0.717) is 9.79 Å². The maximum atomic E-state index is 11.9. The molecule has 0 aliphatic heterocycles. The summed E-state index contributed by atoms with van der Waals surface area (Å²) < 4.78 is 23.8. The zero-order chi connectivity index (χ0) is 10.0. The van der Waals surface area contributed by atoms with E-state index in [4.69, 9.17) is 0 Å². The van der Waals surface area contributed by atoms with Gasteiger partial charge in [0.05, 0.1) is 9.79 Å². The van der Waals surface area contributed by atoms with E-state index < -0.39 is 9.84 Å². The van der Waals surface area contributed by atoms with E-state index in [1.54, 1.807) is 35.7 Å². The van der Waals surface area contributed by atoms with Crippen LogP contribution in [0.2, 0.25) is 0 Å². The van der Waals surface area contributed by atoms with Gasteiger partial charge in [-0.15, -0.1) is 11.3 Å². The Morgan fingerprint density at radius 2 is 1.79 bits per heavy atom. The van der Waals surface area contributed by atoms with Crippen molar-refractivity contribution in [3.05, 3.63) is 47.2 Å². The van der Waals surface area contributed by atoms with Gasteiger partial charge < -0.3 is 0 Å². The molecule has 0 aliphatic rings. The van der Waals surface area contributed by atoms with E-state index in [1.165, 1.54) is 17.4 Å². The number of thiophene rings is 1. The minimum absolute atomic E-state index is 0.314. The lowest BCUT2D eigenvalue weighted by molar-refractivity contribution is 0.596. The summed E-state index contributed by atoms with van der Waals surface area (Å²) in [5.74, 6) is 0. The predicted molar refractivity (Wildman–Crippen MR) is 55.0 cm³/mol. The molecule has 14 heavy (non-hydrogen) atoms. The fourth-order valence-corrected chi connectivity index (χ4v) is 3.27. The maximum Gasteiger partial charge on any atom is 0.207 e. The van der Waals surface area contributed by atoms with Crippen LogP contribution in [0.3, 0.4) is 0 Å². The Labute approximate surface area is 86.8 Å². The van der Waals surface area contributed by atoms with Gasteiger partial charge in [-0.1, -0.05) is 18.2 Å². The molecule has 1 radical (unpaired) electrons. The molecule has 71 valence electrons. The molecule has 0 saturated carbocycles. The number of sulfone groups is 1. The summed E-state index contributed by atoms with van der Waals surface area (Å²) in [4.78, 5) is 0.639. The van der Waals surface area contributed by atoms with Crippen molar-refractivity contribution < 1.29 is 8.42 Å². The lowest BCUT2D eigenvalue weighted by Crippen LogP contribution is -1.99. The third-order valence-electron chi connectivity index (χ3n) is 1.81. The van der Waals surface area contributed by atoms with Crippen LogP contribution < -0.4 is 0 Å². The van der Waals surface area contributed by atoms with Crippen LogP contribution in [0.5, 0.6) is 0 Å². The van der Waals surface area contributed by atoms with Crippen molar-refractivity contribution >= 4 is 21.2 Å². The van der Waals surface area contributed by atoms with Crippen molar-refractivity contribution in [2.75, 3.05) is 0 Å². The fourth-order valence-electron chi connectivity index (χ4n) is 1.09. The van der Waals surface area contributed by atoms with Crippen molar-refractivity contribution in [3.8, 4) is 0 Å². The molecule has 0 spiro atoms. The molecule has 0 atom stereocenters. The molecule has 1 heterocycles. The molecule has 0 aliphatic carbocycles. The molecule has 1 aromatic carbocycles. The highest BCUT2D eigenvalue weighted by Crippen LogP contribution is 2.21. The van der Waals surface area contributed by atoms with Crippen molar-refractivity contribution in [3.63, 3.8) is 0 Å². The Kier molecular flexibility index (Phi) is 2.39. The third kappa shape index (κ3) is 1.58. The molecule has 2 aromatic rings. The average molecular weight is 223 g/mol. The molecule has 0 saturated heterocycles. The second-order valence-electron chi connectivity index (χ2n) is 2.72. The first kappa shape index (κ1) is 9.43. The third-order valence-corrected chi connectivity index (χ3v) is 4.33. The monoisotopic (exact) mass is 223 g/mol. The number of rotatable bonds is 2. The van der Waals surface area contributed by atoms with Crippen LogP contribution in [0.4, 0.5) is 0 Å². The van der Waals surface area contributed by atoms with Gasteiger partial charge in [-0.2, -0.15) is 0 Å². The first-order valence-electron chi connectivity index (χ1n) is 3.96. The predicted octanol–water partition coefficient (Wildman–Crippen LogP) is 2.38. The highest BCUT2D eigenvalue weighted by molar-refractivity contribution is 7.91. The lowest BCUT2D eigenvalue weighted by Gasteiger charge is -2.00. The molecule has 0 N–H and O–H groups in total. The normalized spacial score (nSPS) is 11.4. The smallest absolute Gasteiger partial charge is 0.207 e. The molecule has 2 nitrogen and oxygen atoms in total. The second kappa shape index (κ2) is 3.55. The molecule has 0 bridgehead atoms. The molecular formula is C10H7O2S2. The van der Waals surface area contributed by atoms with Crippen LogP contribution in [0, 0.1) is 5.38 Å². The average Bonchev–Trinajstić information content (AvgIpc) is 2.72. The van der Waals surface area contributed by atoms with Gasteiger partial charge in [0.15, 0.2) is 0 Å². The Balaban J connectivity index is 2.55. The Hall–Kier alpha value is -1.13. The standard InChI is InChI=1S/C10H7O2S2/c11-14(12,10-6-7-13-8-10)9-4-2-1-3-5-9/h1-6,8H. The van der Waals surface area contributed by atoms with Crippen molar-refractivity contribution in [1.29, 1.82) is 0 Å². The Morgan fingerprint density at radius 1 is 1.07 bits per heavy atom. The van der Waals surface area contributed by atoms with Crippen molar-refractivity contribution in [2.24, 2.45) is 0 Å². The van der Waals surface area contributed by atoms with Crippen LogP contribution in [-0.2, 0) is 9.84 Å². The van der Waals surface area contributed by atoms with Crippen LogP contribution in [-0.4, -0.2) is 8.42 Å². The summed E-state index contributed by atoms with van der Waals surface area (Å²) in [5, 5.41) is 4.35. The number of hydrogen-bond donors (Lipinski definition) is 0. The number of hydrogen-bond acceptors (Lipinski definition) is 3. The highest BCUT2D eigenvalue weighted by Gasteiger charge is 2.16. The topological polar surface area (TPSA) is 34.1 Å². The maximum absolute atomic E-state index is 11.9. The van der Waals surface area contributed by atoms with Gasteiger partial charge in [0.1, 0.15) is 0 Å². The van der Waals surface area contributed by atoms with Gasteiger partial charge in [0.25, 0.3) is 0 Å². The summed E-state index contributed by atoms with van der Waals surface area (Å²) in [7, 11) is -3.32. The minimum Gasteiger partial charge on any atom is -0.218 e. The highest BCUT2D eigenvalue weighted by atomic mass is 32.2. The first-order valence-corrected chi connectivity index (χ1v) is 6.32. The van der Waals surface area contributed by atoms with Crippen LogP contribution in [0.1, 0.15) is 0 Å². The lowest BCUT2D eigenvalue weighted by atomic mass is 10.4. The molecule has 2 rings (SSSR count). The van der Waals surface area contributed by atoms with E-state index >= 15 is 0 Å². The molecule has 0 amide bonds. The van der Waals surface area contributed by atoms with Gasteiger partial charge in [-0.05, 0) is 18.2 Å². The van der Waals surface area contributed by atoms with E-state index in [-0.39, 0.29) is 0 Å². The van der Waals surface area contributed by atoms with Gasteiger partial charge in [-0.3, -0.25) is 0 Å². The SMILES string of the molecule is O=S(=O)(c1ccccc1)c1c[c]sc1. The van der Waals surface area contributed by atoms with Gasteiger partial charge >= 0.3 is 0 Å². The van der Waals surface area contributed by atoms with E-state index in [9.17, 15) is 8.42 Å². The molecular weight excluding hydrogens is 216 g/mol. The molecule has 1 aromatic heterocycles. The second-order valence-corrected chi connectivity index (χ2v) is 5.37. The molecule has 0 unspecified atom stereocenters. The van der Waals surface area contributed by atoms with Crippen molar-refractivity contribution in [1.82, 2.24) is 0 Å². The fraction of sp³-hybridized carbons (Fsp3) is 0. The number of benzene rings is 1. The Morgan fingerprint density at radius 3 is 2.36 bits per heavy atom. The summed E-state index contributed by atoms with van der Waals surface area (Å²) in [5.41, 5.74) is 0. The summed E-state index contributed by atoms with van der Waals surface area (Å²) >= 11 is 1.26. The summed E-state index contributed by atoms with van der Waals surface area (Å²) in [6.07, 6.45) is 0. The summed E-state index contributed by atoms with van der Waals surface area (Å²) in [6.45, 7) is 0. The van der Waals surface area contributed by atoms with Crippen LogP contribution >= 0.6 is 11.3 Å². The van der Waals surface area contributed by atoms with E-state index in [0.717, 1.165) is 0 Å². The zero-order valence-corrected chi connectivity index (χ0v) is 8.81. The van der Waals surface area contributed by atoms with E-state index in [1.807, 2.05) is 0 Å². The van der Waals surface area contributed by atoms with Crippen molar-refractivity contribution in [2.45, 2.75) is 9.79 Å². The summed E-state index contributed by atoms with van der Waals surface area (Å²) in [6, 6.07) is 9.89. The van der Waals surface area contributed by atoms with Crippen LogP contribution in [0.25, 0.3) is 0 Å². The van der Waals surface area contributed by atoms with Gasteiger partial charge in [-0.25, -0.2) is 8.42 Å². The molecule has 4 heteroatoms. The van der Waals surface area contributed by atoms with Gasteiger partial charge in [0.2, 0.25) is 9.84 Å². The van der Waals surface area contributed by atoms with Gasteiger partial charge in [0, 0.05) is 10.8 Å². The van der Waals surface area contributed by atoms with Crippen LogP contribution in [0.15, 0.2) is 51.6 Å². The molecule has 0 fully saturated rings. The minimum atomic E-state index is -3.32. The zero-order valence-electron chi connectivity index (χ0n) is 7.17. The van der Waals surface area contributed by atoms with E-state index in [2.05, 4.69) is 5.38 Å². The quantitative estimate of drug-likeness (QED) is 0.783. The first-order chi connectivity index (χ1) is 6.71.